The topological polar surface area (TPSA) is 44.9 Å². The summed E-state index contributed by atoms with van der Waals surface area (Å²) in [5.41, 5.74) is 2.59. The Bertz CT molecular complexity index is 397. The molecule has 0 radical (unpaired) electrons. The van der Waals surface area contributed by atoms with E-state index in [4.69, 9.17) is 0 Å². The van der Waals surface area contributed by atoms with Crippen molar-refractivity contribution in [1.29, 1.82) is 0 Å². The molecule has 0 fully saturated rings. The van der Waals surface area contributed by atoms with Gasteiger partial charge < -0.3 is 10.3 Å². The fourth-order valence-electron chi connectivity index (χ4n) is 2.70. The maximum Gasteiger partial charge on any atom is 0.223 e. The van der Waals surface area contributed by atoms with Gasteiger partial charge in [-0.15, -0.1) is 0 Å². The number of nitrogens with one attached hydrogen (secondary N) is 2. The maximum absolute atomic E-state index is 12.1. The lowest BCUT2D eigenvalue weighted by Crippen LogP contribution is -2.34. The Labute approximate surface area is 109 Å². The number of aromatic nitrogens is 1. The molecule has 1 aliphatic carbocycles. The van der Waals surface area contributed by atoms with Gasteiger partial charge >= 0.3 is 0 Å². The average molecular weight is 248 g/mol. The second kappa shape index (κ2) is 6.07. The number of carbonyl (C=O) groups is 1. The van der Waals surface area contributed by atoms with E-state index in [1.54, 1.807) is 0 Å². The second-order valence-electron chi connectivity index (χ2n) is 5.41. The number of unbranched alkanes of at least 4 members (excludes halogenated alkanes) is 1. The zero-order chi connectivity index (χ0) is 13.0. The van der Waals surface area contributed by atoms with Crippen LogP contribution in [0.25, 0.3) is 0 Å². The summed E-state index contributed by atoms with van der Waals surface area (Å²) >= 11 is 0. The van der Waals surface area contributed by atoms with Crippen LogP contribution in [-0.4, -0.2) is 10.9 Å². The standard InChI is InChI=1S/C15H24N2O/c1-3-4-6-11(2)15(18)17-14-8-5-7-13-12(14)9-10-16-13/h9-11,14,16H,3-8H2,1-2H3,(H,17,18)/t11-,14-/m1/s1. The van der Waals surface area contributed by atoms with Gasteiger partial charge in [0.05, 0.1) is 6.04 Å². The van der Waals surface area contributed by atoms with E-state index in [0.29, 0.717) is 0 Å². The van der Waals surface area contributed by atoms with Gasteiger partial charge in [-0.05, 0) is 37.3 Å². The number of aryl methyl sites for hydroxylation is 1. The van der Waals surface area contributed by atoms with E-state index in [2.05, 4.69) is 23.3 Å². The summed E-state index contributed by atoms with van der Waals surface area (Å²) in [5, 5.41) is 3.21. The predicted octanol–water partition coefficient (Wildman–Crippen LogP) is 3.33. The summed E-state index contributed by atoms with van der Waals surface area (Å²) in [6.45, 7) is 4.20. The summed E-state index contributed by atoms with van der Waals surface area (Å²) in [6.07, 6.45) is 8.60. The van der Waals surface area contributed by atoms with E-state index < -0.39 is 0 Å². The van der Waals surface area contributed by atoms with Crippen LogP contribution in [0.5, 0.6) is 0 Å². The lowest BCUT2D eigenvalue weighted by Gasteiger charge is -2.25. The van der Waals surface area contributed by atoms with Crippen molar-refractivity contribution < 1.29 is 4.79 Å². The highest BCUT2D eigenvalue weighted by atomic mass is 16.1. The fourth-order valence-corrected chi connectivity index (χ4v) is 2.70. The van der Waals surface area contributed by atoms with Crippen LogP contribution in [0.2, 0.25) is 0 Å². The van der Waals surface area contributed by atoms with Gasteiger partial charge in [-0.3, -0.25) is 4.79 Å². The Morgan fingerprint density at radius 3 is 3.22 bits per heavy atom. The first kappa shape index (κ1) is 13.2. The van der Waals surface area contributed by atoms with E-state index in [0.717, 1.165) is 38.5 Å². The van der Waals surface area contributed by atoms with Crippen LogP contribution in [0.15, 0.2) is 12.3 Å². The van der Waals surface area contributed by atoms with Gasteiger partial charge in [0, 0.05) is 17.8 Å². The van der Waals surface area contributed by atoms with Crippen LogP contribution in [-0.2, 0) is 11.2 Å². The number of hydrogen-bond donors (Lipinski definition) is 2. The van der Waals surface area contributed by atoms with Crippen molar-refractivity contribution in [3.63, 3.8) is 0 Å². The minimum Gasteiger partial charge on any atom is -0.365 e. The van der Waals surface area contributed by atoms with Crippen LogP contribution in [0.1, 0.15) is 63.3 Å². The summed E-state index contributed by atoms with van der Waals surface area (Å²) < 4.78 is 0. The van der Waals surface area contributed by atoms with Gasteiger partial charge in [0.1, 0.15) is 0 Å². The van der Waals surface area contributed by atoms with Gasteiger partial charge in [-0.25, -0.2) is 0 Å². The van der Waals surface area contributed by atoms with Crippen LogP contribution in [0, 0.1) is 5.92 Å². The van der Waals surface area contributed by atoms with Gasteiger partial charge in [0.2, 0.25) is 5.91 Å². The van der Waals surface area contributed by atoms with E-state index in [-0.39, 0.29) is 17.9 Å². The summed E-state index contributed by atoms with van der Waals surface area (Å²) in [7, 11) is 0. The largest absolute Gasteiger partial charge is 0.365 e. The first-order valence-electron chi connectivity index (χ1n) is 7.19. The first-order chi connectivity index (χ1) is 8.72. The molecule has 0 unspecified atom stereocenters. The molecular formula is C15H24N2O. The number of aromatic amines is 1. The van der Waals surface area contributed by atoms with E-state index in [9.17, 15) is 4.79 Å². The SMILES string of the molecule is CCCC[C@@H](C)C(=O)N[C@@H]1CCCc2[nH]ccc21. The van der Waals surface area contributed by atoms with Gasteiger partial charge in [0.25, 0.3) is 0 Å². The lowest BCUT2D eigenvalue weighted by molar-refractivity contribution is -0.125. The Morgan fingerprint density at radius 2 is 2.44 bits per heavy atom. The highest BCUT2D eigenvalue weighted by Gasteiger charge is 2.24. The Hall–Kier alpha value is -1.25. The molecule has 1 heterocycles. The number of carbonyl (C=O) groups excluding carboxylic acids is 1. The maximum atomic E-state index is 12.1. The molecular weight excluding hydrogens is 224 g/mol. The summed E-state index contributed by atoms with van der Waals surface area (Å²) in [5.74, 6) is 0.344. The zero-order valence-electron chi connectivity index (χ0n) is 11.5. The minimum absolute atomic E-state index is 0.134. The zero-order valence-corrected chi connectivity index (χ0v) is 11.5. The third-order valence-electron chi connectivity index (χ3n) is 3.92. The van der Waals surface area contributed by atoms with Gasteiger partial charge in [0.15, 0.2) is 0 Å². The van der Waals surface area contributed by atoms with E-state index in [1.165, 1.54) is 11.3 Å². The van der Waals surface area contributed by atoms with Crippen molar-refractivity contribution in [3.05, 3.63) is 23.5 Å². The molecule has 3 heteroatoms. The van der Waals surface area contributed by atoms with Crippen molar-refractivity contribution >= 4 is 5.91 Å². The van der Waals surface area contributed by atoms with Crippen molar-refractivity contribution in [2.45, 2.75) is 58.4 Å². The van der Waals surface area contributed by atoms with Crippen LogP contribution < -0.4 is 5.32 Å². The molecule has 1 aliphatic rings. The molecule has 0 aromatic carbocycles. The number of amides is 1. The fraction of sp³-hybridized carbons (Fsp3) is 0.667. The van der Waals surface area contributed by atoms with Crippen molar-refractivity contribution in [1.82, 2.24) is 10.3 Å². The number of rotatable bonds is 5. The normalized spacial score (nSPS) is 20.2. The highest BCUT2D eigenvalue weighted by molar-refractivity contribution is 5.78. The molecule has 2 atom stereocenters. The Morgan fingerprint density at radius 1 is 1.61 bits per heavy atom. The molecule has 2 rings (SSSR count). The molecule has 0 spiro atoms. The summed E-state index contributed by atoms with van der Waals surface area (Å²) in [4.78, 5) is 15.4. The molecule has 1 aromatic heterocycles. The number of fused-ring (bicyclic) bond motifs is 1. The first-order valence-corrected chi connectivity index (χ1v) is 7.19. The average Bonchev–Trinajstić information content (AvgIpc) is 2.85. The van der Waals surface area contributed by atoms with Crippen LogP contribution in [0.3, 0.4) is 0 Å². The number of H-pyrrole nitrogens is 1. The third-order valence-corrected chi connectivity index (χ3v) is 3.92. The molecule has 100 valence electrons. The van der Waals surface area contributed by atoms with Crippen LogP contribution in [0.4, 0.5) is 0 Å². The molecule has 1 amide bonds. The molecule has 0 saturated carbocycles. The monoisotopic (exact) mass is 248 g/mol. The summed E-state index contributed by atoms with van der Waals surface area (Å²) in [6, 6.07) is 2.33. The van der Waals surface area contributed by atoms with Crippen LogP contribution >= 0.6 is 0 Å². The smallest absolute Gasteiger partial charge is 0.223 e. The van der Waals surface area contributed by atoms with E-state index >= 15 is 0 Å². The van der Waals surface area contributed by atoms with Crippen molar-refractivity contribution in [2.24, 2.45) is 5.92 Å². The van der Waals surface area contributed by atoms with Gasteiger partial charge in [-0.1, -0.05) is 26.7 Å². The van der Waals surface area contributed by atoms with E-state index in [1.807, 2.05) is 13.1 Å². The molecule has 1 aromatic rings. The molecule has 18 heavy (non-hydrogen) atoms. The molecule has 0 bridgehead atoms. The molecule has 0 aliphatic heterocycles. The minimum atomic E-state index is 0.134. The highest BCUT2D eigenvalue weighted by Crippen LogP contribution is 2.29. The molecule has 3 nitrogen and oxygen atoms in total. The molecule has 2 N–H and O–H groups in total. The van der Waals surface area contributed by atoms with Crippen molar-refractivity contribution in [3.8, 4) is 0 Å². The number of hydrogen-bond acceptors (Lipinski definition) is 1. The quantitative estimate of drug-likeness (QED) is 0.824. The van der Waals surface area contributed by atoms with Gasteiger partial charge in [-0.2, -0.15) is 0 Å². The predicted molar refractivity (Wildman–Crippen MR) is 73.3 cm³/mol. The lowest BCUT2D eigenvalue weighted by atomic mass is 9.92. The Kier molecular flexibility index (Phi) is 4.45. The van der Waals surface area contributed by atoms with Crippen molar-refractivity contribution in [2.75, 3.05) is 0 Å². The molecule has 0 saturated heterocycles. The second-order valence-corrected chi connectivity index (χ2v) is 5.41. The third kappa shape index (κ3) is 2.95. The Balaban J connectivity index is 1.93.